The number of unbranched alkanes of at least 4 members (excludes halogenated alkanes) is 3. The van der Waals surface area contributed by atoms with E-state index in [0.717, 1.165) is 31.9 Å². The molecule has 0 unspecified atom stereocenters. The van der Waals surface area contributed by atoms with Gasteiger partial charge in [-0.3, -0.25) is 9.79 Å². The van der Waals surface area contributed by atoms with Crippen LogP contribution in [-0.2, 0) is 4.79 Å². The van der Waals surface area contributed by atoms with Gasteiger partial charge in [0.1, 0.15) is 0 Å². The summed E-state index contributed by atoms with van der Waals surface area (Å²) in [7, 11) is 2.05. The molecule has 0 aliphatic rings. The predicted octanol–water partition coefficient (Wildman–Crippen LogP) is 2.38. The molecule has 0 aliphatic carbocycles. The maximum absolute atomic E-state index is 10.8. The van der Waals surface area contributed by atoms with Crippen molar-refractivity contribution in [3.63, 3.8) is 0 Å². The Morgan fingerprint density at radius 1 is 1.29 bits per heavy atom. The van der Waals surface area contributed by atoms with E-state index in [1.54, 1.807) is 0 Å². The molecule has 0 rings (SSSR count). The highest BCUT2D eigenvalue weighted by atomic mass is 127. The molecule has 0 bridgehead atoms. The van der Waals surface area contributed by atoms with Gasteiger partial charge < -0.3 is 15.5 Å². The third-order valence-electron chi connectivity index (χ3n) is 2.85. The molecular weight excluding hydrogens is 379 g/mol. The number of hydrogen-bond acceptors (Lipinski definition) is 2. The van der Waals surface area contributed by atoms with Gasteiger partial charge in [-0.05, 0) is 26.2 Å². The van der Waals surface area contributed by atoms with E-state index in [0.29, 0.717) is 13.1 Å². The number of carbonyl (C=O) groups excluding carboxylic acids is 1. The highest BCUT2D eigenvalue weighted by molar-refractivity contribution is 14.0. The number of allylic oxidation sites excluding steroid dienone is 1. The molecule has 0 aromatic carbocycles. The summed E-state index contributed by atoms with van der Waals surface area (Å²) in [6, 6.07) is 0. The lowest BCUT2D eigenvalue weighted by Crippen LogP contribution is -2.40. The zero-order valence-corrected chi connectivity index (χ0v) is 16.0. The summed E-state index contributed by atoms with van der Waals surface area (Å²) >= 11 is 0. The molecule has 5 nitrogen and oxygen atoms in total. The van der Waals surface area contributed by atoms with E-state index in [9.17, 15) is 4.79 Å². The van der Waals surface area contributed by atoms with Gasteiger partial charge in [0.2, 0.25) is 5.91 Å². The summed E-state index contributed by atoms with van der Waals surface area (Å²) in [6.45, 7) is 10.3. The van der Waals surface area contributed by atoms with E-state index in [2.05, 4.69) is 34.0 Å². The van der Waals surface area contributed by atoms with Gasteiger partial charge in [-0.25, -0.2) is 0 Å². The molecule has 0 heterocycles. The Morgan fingerprint density at radius 2 is 2.00 bits per heavy atom. The van der Waals surface area contributed by atoms with Crippen LogP contribution in [0.4, 0.5) is 0 Å². The zero-order valence-electron chi connectivity index (χ0n) is 13.7. The molecule has 0 fully saturated rings. The van der Waals surface area contributed by atoms with E-state index in [4.69, 9.17) is 0 Å². The van der Waals surface area contributed by atoms with Crippen molar-refractivity contribution < 1.29 is 4.79 Å². The van der Waals surface area contributed by atoms with Gasteiger partial charge in [-0.1, -0.05) is 12.5 Å². The Morgan fingerprint density at radius 3 is 2.57 bits per heavy atom. The summed E-state index contributed by atoms with van der Waals surface area (Å²) in [5.74, 6) is 0.891. The SMILES string of the molecule is C=CCCCCCN(C)C(=NCCNC(C)=O)NCC.I. The third-order valence-corrected chi connectivity index (χ3v) is 2.85. The molecule has 6 heteroatoms. The van der Waals surface area contributed by atoms with E-state index in [1.807, 2.05) is 13.1 Å². The summed E-state index contributed by atoms with van der Waals surface area (Å²) in [5.41, 5.74) is 0. The first-order chi connectivity index (χ1) is 9.61. The Labute approximate surface area is 146 Å². The number of carbonyl (C=O) groups is 1. The van der Waals surface area contributed by atoms with Crippen LogP contribution in [0.1, 0.15) is 39.5 Å². The van der Waals surface area contributed by atoms with Crippen LogP contribution in [0.15, 0.2) is 17.6 Å². The molecule has 2 N–H and O–H groups in total. The van der Waals surface area contributed by atoms with Crippen molar-refractivity contribution in [2.24, 2.45) is 4.99 Å². The second-order valence-corrected chi connectivity index (χ2v) is 4.78. The first-order valence-corrected chi connectivity index (χ1v) is 7.46. The summed E-state index contributed by atoms with van der Waals surface area (Å²) in [5, 5.41) is 6.02. The smallest absolute Gasteiger partial charge is 0.216 e. The number of guanidine groups is 1. The fourth-order valence-corrected chi connectivity index (χ4v) is 1.78. The second kappa shape index (κ2) is 15.6. The molecule has 0 saturated carbocycles. The quantitative estimate of drug-likeness (QED) is 0.191. The Hall–Kier alpha value is -0.790. The molecule has 0 aliphatic heterocycles. The lowest BCUT2D eigenvalue weighted by Gasteiger charge is -2.22. The minimum absolute atomic E-state index is 0. The lowest BCUT2D eigenvalue weighted by molar-refractivity contribution is -0.118. The van der Waals surface area contributed by atoms with Crippen LogP contribution < -0.4 is 10.6 Å². The minimum atomic E-state index is -0.0132. The number of nitrogens with zero attached hydrogens (tertiary/aromatic N) is 2. The maximum atomic E-state index is 10.8. The lowest BCUT2D eigenvalue weighted by atomic mass is 10.2. The van der Waals surface area contributed by atoms with Crippen molar-refractivity contribution in [1.29, 1.82) is 0 Å². The van der Waals surface area contributed by atoms with Crippen LogP contribution in [0.25, 0.3) is 0 Å². The Kier molecular flexibility index (Phi) is 16.7. The topological polar surface area (TPSA) is 56.7 Å². The Bertz CT molecular complexity index is 308. The van der Waals surface area contributed by atoms with Crippen LogP contribution in [0.2, 0.25) is 0 Å². The molecule has 1 amide bonds. The van der Waals surface area contributed by atoms with Crippen LogP contribution in [-0.4, -0.2) is 50.0 Å². The van der Waals surface area contributed by atoms with Crippen LogP contribution in [0, 0.1) is 0 Å². The largest absolute Gasteiger partial charge is 0.357 e. The first kappa shape index (κ1) is 22.5. The summed E-state index contributed by atoms with van der Waals surface area (Å²) < 4.78 is 0. The van der Waals surface area contributed by atoms with Gasteiger partial charge in [0.25, 0.3) is 0 Å². The number of aliphatic imine (C=N–C) groups is 1. The van der Waals surface area contributed by atoms with Crippen molar-refractivity contribution in [3.05, 3.63) is 12.7 Å². The van der Waals surface area contributed by atoms with E-state index >= 15 is 0 Å². The number of nitrogens with one attached hydrogen (secondary N) is 2. The molecular formula is C15H31IN4O. The average Bonchev–Trinajstić information content (AvgIpc) is 2.41. The molecule has 0 aromatic rings. The molecule has 124 valence electrons. The van der Waals surface area contributed by atoms with E-state index in [-0.39, 0.29) is 29.9 Å². The van der Waals surface area contributed by atoms with Crippen LogP contribution in [0.5, 0.6) is 0 Å². The van der Waals surface area contributed by atoms with Crippen molar-refractivity contribution in [1.82, 2.24) is 15.5 Å². The molecule has 0 saturated heterocycles. The fraction of sp³-hybridized carbons (Fsp3) is 0.733. The monoisotopic (exact) mass is 410 g/mol. The number of halogens is 1. The third kappa shape index (κ3) is 13.9. The van der Waals surface area contributed by atoms with Crippen LogP contribution >= 0.6 is 24.0 Å². The number of amides is 1. The highest BCUT2D eigenvalue weighted by Gasteiger charge is 2.04. The van der Waals surface area contributed by atoms with Crippen molar-refractivity contribution in [2.45, 2.75) is 39.5 Å². The van der Waals surface area contributed by atoms with Crippen molar-refractivity contribution in [3.8, 4) is 0 Å². The van der Waals surface area contributed by atoms with Gasteiger partial charge >= 0.3 is 0 Å². The summed E-state index contributed by atoms with van der Waals surface area (Å²) in [4.78, 5) is 17.4. The van der Waals surface area contributed by atoms with E-state index < -0.39 is 0 Å². The number of rotatable bonds is 10. The predicted molar refractivity (Wildman–Crippen MR) is 101 cm³/mol. The molecule has 0 atom stereocenters. The van der Waals surface area contributed by atoms with Gasteiger partial charge in [-0.15, -0.1) is 30.6 Å². The van der Waals surface area contributed by atoms with Gasteiger partial charge in [0, 0.05) is 33.6 Å². The standard InChI is InChI=1S/C15H30N4O.HI/c1-5-7-8-9-10-13-19(4)15(16-6-2)18-12-11-17-14(3)20;/h5H,1,6-13H2,2-4H3,(H,16,18)(H,17,20);1H. The van der Waals surface area contributed by atoms with E-state index in [1.165, 1.54) is 19.8 Å². The number of hydrogen-bond donors (Lipinski definition) is 2. The molecule has 0 spiro atoms. The molecule has 0 radical (unpaired) electrons. The fourth-order valence-electron chi connectivity index (χ4n) is 1.78. The average molecular weight is 410 g/mol. The minimum Gasteiger partial charge on any atom is -0.357 e. The van der Waals surface area contributed by atoms with Gasteiger partial charge in [0.15, 0.2) is 5.96 Å². The Balaban J connectivity index is 0. The van der Waals surface area contributed by atoms with Gasteiger partial charge in [-0.2, -0.15) is 0 Å². The van der Waals surface area contributed by atoms with Crippen LogP contribution in [0.3, 0.4) is 0 Å². The second-order valence-electron chi connectivity index (χ2n) is 4.78. The van der Waals surface area contributed by atoms with Gasteiger partial charge in [0.05, 0.1) is 6.54 Å². The van der Waals surface area contributed by atoms with Crippen molar-refractivity contribution >= 4 is 35.8 Å². The van der Waals surface area contributed by atoms with Crippen molar-refractivity contribution in [2.75, 3.05) is 33.2 Å². The molecule has 0 aromatic heterocycles. The summed E-state index contributed by atoms with van der Waals surface area (Å²) in [6.07, 6.45) is 6.63. The molecule has 21 heavy (non-hydrogen) atoms. The maximum Gasteiger partial charge on any atom is 0.216 e. The zero-order chi connectivity index (χ0) is 15.2. The normalized spacial score (nSPS) is 10.5. The highest BCUT2D eigenvalue weighted by Crippen LogP contribution is 2.01. The first-order valence-electron chi connectivity index (χ1n) is 7.46.